The van der Waals surface area contributed by atoms with Crippen LogP contribution >= 0.6 is 9.47 Å². The summed E-state index contributed by atoms with van der Waals surface area (Å²) in [5.74, 6) is 1.14. The van der Waals surface area contributed by atoms with Gasteiger partial charge in [0.2, 0.25) is 0 Å². The molecule has 0 aromatic heterocycles. The van der Waals surface area contributed by atoms with Crippen molar-refractivity contribution in [2.75, 3.05) is 14.2 Å². The largest absolute Gasteiger partial charge is 0.496 e. The normalized spacial score (nSPS) is 11.3. The zero-order valence-corrected chi connectivity index (χ0v) is 17.8. The predicted octanol–water partition coefficient (Wildman–Crippen LogP) is 4.84. The predicted molar refractivity (Wildman–Crippen MR) is 113 cm³/mol. The van der Waals surface area contributed by atoms with Gasteiger partial charge in [-0.05, 0) is 36.8 Å². The van der Waals surface area contributed by atoms with E-state index in [0.717, 1.165) is 5.56 Å². The van der Waals surface area contributed by atoms with Crippen molar-refractivity contribution in [1.82, 2.24) is 0 Å². The highest BCUT2D eigenvalue weighted by atomic mass is 32.2. The molecular weight excluding hydrogens is 395 g/mol. The van der Waals surface area contributed by atoms with Gasteiger partial charge in [-0.15, -0.1) is 0 Å². The van der Waals surface area contributed by atoms with E-state index in [0.29, 0.717) is 33.8 Å². The Balaban J connectivity index is 2.47. The Labute approximate surface area is 167 Å². The van der Waals surface area contributed by atoms with Crippen molar-refractivity contribution in [3.8, 4) is 33.8 Å². The molecule has 0 saturated carbocycles. The number of aryl methyl sites for hydroxylation is 1. The van der Waals surface area contributed by atoms with Crippen LogP contribution in [-0.2, 0) is 14.1 Å². The second kappa shape index (κ2) is 8.31. The molecule has 0 fully saturated rings. The average molecular weight is 416 g/mol. The van der Waals surface area contributed by atoms with Gasteiger partial charge in [-0.3, -0.25) is 3.97 Å². The maximum Gasteiger partial charge on any atom is 0.300 e. The number of methoxy groups -OCH3 is 2. The topological polar surface area (TPSA) is 61.8 Å². The third-order valence-corrected chi connectivity index (χ3v) is 6.36. The minimum Gasteiger partial charge on any atom is -0.496 e. The fourth-order valence-electron chi connectivity index (χ4n) is 3.23. The van der Waals surface area contributed by atoms with Crippen LogP contribution in [0, 0.1) is 6.92 Å². The molecule has 0 aliphatic heterocycles. The van der Waals surface area contributed by atoms with Crippen molar-refractivity contribution in [3.63, 3.8) is 0 Å². The molecule has 146 valence electrons. The van der Waals surface area contributed by atoms with E-state index in [2.05, 4.69) is 0 Å². The molecule has 0 saturated heterocycles. The van der Waals surface area contributed by atoms with E-state index in [9.17, 15) is 8.42 Å². The first-order chi connectivity index (χ1) is 13.4. The maximum atomic E-state index is 13.0. The van der Waals surface area contributed by atoms with Crippen LogP contribution in [0.25, 0.3) is 22.3 Å². The van der Waals surface area contributed by atoms with Gasteiger partial charge < -0.3 is 9.47 Å². The lowest BCUT2D eigenvalue weighted by Crippen LogP contribution is -2.06. The molecule has 0 amide bonds. The van der Waals surface area contributed by atoms with Crippen LogP contribution in [0.15, 0.2) is 65.6 Å². The second-order valence-electron chi connectivity index (χ2n) is 6.14. The maximum absolute atomic E-state index is 13.0. The monoisotopic (exact) mass is 416 g/mol. The average Bonchev–Trinajstić information content (AvgIpc) is 2.72. The highest BCUT2D eigenvalue weighted by Crippen LogP contribution is 2.43. The van der Waals surface area contributed by atoms with Gasteiger partial charge in [0.1, 0.15) is 16.4 Å². The lowest BCUT2D eigenvalue weighted by molar-refractivity contribution is 0.416. The highest BCUT2D eigenvalue weighted by molar-refractivity contribution is 7.89. The van der Waals surface area contributed by atoms with E-state index in [1.54, 1.807) is 26.4 Å². The summed E-state index contributed by atoms with van der Waals surface area (Å²) >= 11 is 0. The minimum atomic E-state index is -4.07. The molecule has 0 heterocycles. The molecule has 5 nitrogen and oxygen atoms in total. The van der Waals surface area contributed by atoms with E-state index in [4.69, 9.17) is 13.4 Å². The third-order valence-electron chi connectivity index (χ3n) is 4.40. The molecule has 0 N–H and O–H groups in total. The number of benzene rings is 3. The van der Waals surface area contributed by atoms with Crippen molar-refractivity contribution in [2.45, 2.75) is 11.8 Å². The van der Waals surface area contributed by atoms with Gasteiger partial charge >= 0.3 is 10.1 Å². The Hall–Kier alpha value is -2.40. The van der Waals surface area contributed by atoms with Crippen LogP contribution < -0.4 is 9.47 Å². The van der Waals surface area contributed by atoms with Crippen molar-refractivity contribution in [1.29, 1.82) is 0 Å². The van der Waals surface area contributed by atoms with Gasteiger partial charge in [-0.1, -0.05) is 36.4 Å². The van der Waals surface area contributed by atoms with Gasteiger partial charge in [-0.2, -0.15) is 8.42 Å². The van der Waals surface area contributed by atoms with Gasteiger partial charge in [0.05, 0.1) is 14.2 Å². The first-order valence-corrected chi connectivity index (χ1v) is 10.4. The lowest BCUT2D eigenvalue weighted by atomic mass is 9.95. The zero-order valence-electron chi connectivity index (χ0n) is 15.8. The van der Waals surface area contributed by atoms with Crippen molar-refractivity contribution in [2.24, 2.45) is 0 Å². The number of ether oxygens (including phenoxy) is 2. The highest BCUT2D eigenvalue weighted by Gasteiger charge is 2.27. The summed E-state index contributed by atoms with van der Waals surface area (Å²) in [5, 5.41) is 0. The fraction of sp³-hybridized carbons (Fsp3) is 0.143. The van der Waals surface area contributed by atoms with E-state index >= 15 is 0 Å². The summed E-state index contributed by atoms with van der Waals surface area (Å²) in [4.78, 5) is 0.0575. The molecule has 7 heteroatoms. The Morgan fingerprint density at radius 2 is 1.18 bits per heavy atom. The summed E-state index contributed by atoms with van der Waals surface area (Å²) in [7, 11) is 0.860. The first kappa shape index (κ1) is 20.3. The number of hydrogen-bond donors (Lipinski definition) is 0. The van der Waals surface area contributed by atoms with Crippen LogP contribution in [0.2, 0.25) is 0 Å². The minimum absolute atomic E-state index is 0.0575. The molecule has 0 spiro atoms. The summed E-state index contributed by atoms with van der Waals surface area (Å²) < 4.78 is 41.7. The molecule has 3 rings (SSSR count). The summed E-state index contributed by atoms with van der Waals surface area (Å²) in [6.45, 7) is 1.91. The molecule has 1 unspecified atom stereocenters. The molecule has 0 aliphatic carbocycles. The summed E-state index contributed by atoms with van der Waals surface area (Å²) in [5.41, 5.74) is 3.21. The Morgan fingerprint density at radius 1 is 0.750 bits per heavy atom. The third kappa shape index (κ3) is 3.76. The molecule has 0 aliphatic rings. The number of hydrogen-bond acceptors (Lipinski definition) is 5. The summed E-state index contributed by atoms with van der Waals surface area (Å²) in [6.07, 6.45) is 0. The zero-order chi connectivity index (χ0) is 20.3. The lowest BCUT2D eigenvalue weighted by Gasteiger charge is -2.19. The molecule has 3 aromatic carbocycles. The van der Waals surface area contributed by atoms with Crippen molar-refractivity contribution in [3.05, 3.63) is 66.2 Å². The Bertz CT molecular complexity index is 1040. The molecule has 0 bridgehead atoms. The van der Waals surface area contributed by atoms with E-state index in [1.807, 2.05) is 64.9 Å². The van der Waals surface area contributed by atoms with E-state index in [-0.39, 0.29) is 4.90 Å². The molecule has 28 heavy (non-hydrogen) atoms. The van der Waals surface area contributed by atoms with Crippen molar-refractivity contribution < 1.29 is 21.9 Å². The second-order valence-corrected chi connectivity index (χ2v) is 8.23. The van der Waals surface area contributed by atoms with Crippen molar-refractivity contribution >= 4 is 19.6 Å². The number of rotatable bonds is 6. The molecule has 1 atom stereocenters. The fourth-order valence-corrected chi connectivity index (χ4v) is 4.49. The van der Waals surface area contributed by atoms with Gasteiger partial charge in [0.15, 0.2) is 0 Å². The first-order valence-electron chi connectivity index (χ1n) is 8.47. The standard InChI is InChI=1S/C21H21O5PS/c1-14-12-17(15-8-4-6-10-19(15)24-2)21(28(22,23)26-27)18(13-14)16-9-5-7-11-20(16)25-3/h4-13H,27H2,1-3H3. The smallest absolute Gasteiger partial charge is 0.300 e. The van der Waals surface area contributed by atoms with Crippen LogP contribution in [0.1, 0.15) is 5.56 Å². The Morgan fingerprint density at radius 3 is 1.57 bits per heavy atom. The van der Waals surface area contributed by atoms with E-state index < -0.39 is 10.1 Å². The van der Waals surface area contributed by atoms with Crippen LogP contribution in [0.5, 0.6) is 11.5 Å². The summed E-state index contributed by atoms with van der Waals surface area (Å²) in [6, 6.07) is 18.2. The molecule has 0 radical (unpaired) electrons. The quantitative estimate of drug-likeness (QED) is 0.538. The Kier molecular flexibility index (Phi) is 6.04. The van der Waals surface area contributed by atoms with Crippen LogP contribution in [0.4, 0.5) is 0 Å². The van der Waals surface area contributed by atoms with E-state index in [1.165, 1.54) is 0 Å². The van der Waals surface area contributed by atoms with Gasteiger partial charge in [0.25, 0.3) is 0 Å². The van der Waals surface area contributed by atoms with Gasteiger partial charge in [-0.25, -0.2) is 0 Å². The number of para-hydroxylation sites is 2. The SMILES string of the molecule is COc1ccccc1-c1cc(C)cc(-c2ccccc2OC)c1S(=O)(=O)OP. The molecule has 3 aromatic rings. The van der Waals surface area contributed by atoms with Crippen LogP contribution in [0.3, 0.4) is 0 Å². The molecular formula is C21H21O5PS. The van der Waals surface area contributed by atoms with Crippen LogP contribution in [-0.4, -0.2) is 22.6 Å². The van der Waals surface area contributed by atoms with Gasteiger partial charge in [0, 0.05) is 31.7 Å².